The molecule has 0 radical (unpaired) electrons. The van der Waals surface area contributed by atoms with E-state index in [-0.39, 0.29) is 18.0 Å². The summed E-state index contributed by atoms with van der Waals surface area (Å²) in [5.74, 6) is -0.216. The Bertz CT molecular complexity index is 934. The third kappa shape index (κ3) is 2.76. The number of rotatable bonds is 2. The molecular formula is C19H24N4O3. The molecule has 4 rings (SSSR count). The number of nitrogens with two attached hydrogens (primary N) is 1. The molecule has 0 spiro atoms. The van der Waals surface area contributed by atoms with Crippen molar-refractivity contribution >= 4 is 22.8 Å². The van der Waals surface area contributed by atoms with Crippen molar-refractivity contribution in [1.82, 2.24) is 14.5 Å². The van der Waals surface area contributed by atoms with Crippen LogP contribution in [0.25, 0.3) is 11.0 Å². The maximum Gasteiger partial charge on any atom is 0.329 e. The number of nitrogens with one attached hydrogen (secondary N) is 1. The number of benzene rings is 1. The Balaban J connectivity index is 1.74. The van der Waals surface area contributed by atoms with E-state index in [4.69, 9.17) is 5.73 Å². The van der Waals surface area contributed by atoms with Gasteiger partial charge in [-0.3, -0.25) is 24.0 Å². The highest BCUT2D eigenvalue weighted by molar-refractivity contribution is 6.00. The molecule has 2 aliphatic rings. The second-order valence-corrected chi connectivity index (χ2v) is 7.54. The van der Waals surface area contributed by atoms with Gasteiger partial charge in [-0.1, -0.05) is 6.07 Å². The molecule has 1 saturated heterocycles. The molecule has 2 aromatic rings. The third-order valence-corrected chi connectivity index (χ3v) is 5.88. The van der Waals surface area contributed by atoms with Gasteiger partial charge in [0.05, 0.1) is 11.0 Å². The smallest absolute Gasteiger partial charge is 0.328 e. The molecule has 2 heterocycles. The van der Waals surface area contributed by atoms with Crippen LogP contribution in [0.1, 0.15) is 56.0 Å². The summed E-state index contributed by atoms with van der Waals surface area (Å²) >= 11 is 0. The van der Waals surface area contributed by atoms with Crippen LogP contribution in [0, 0.1) is 0 Å². The largest absolute Gasteiger partial charge is 0.329 e. The van der Waals surface area contributed by atoms with E-state index in [0.717, 1.165) is 36.7 Å². The van der Waals surface area contributed by atoms with Crippen LogP contribution < -0.4 is 16.7 Å². The zero-order valence-corrected chi connectivity index (χ0v) is 14.9. The van der Waals surface area contributed by atoms with Crippen molar-refractivity contribution < 1.29 is 9.59 Å². The van der Waals surface area contributed by atoms with E-state index >= 15 is 0 Å². The molecule has 1 aromatic carbocycles. The lowest BCUT2D eigenvalue weighted by Gasteiger charge is -2.26. The first-order chi connectivity index (χ1) is 12.5. The van der Waals surface area contributed by atoms with Gasteiger partial charge in [-0.2, -0.15) is 0 Å². The van der Waals surface area contributed by atoms with Crippen LogP contribution in [0.3, 0.4) is 0 Å². The number of carbonyl (C=O) groups excluding carboxylic acids is 2. The summed E-state index contributed by atoms with van der Waals surface area (Å²) in [6.07, 6.45) is 4.78. The fourth-order valence-electron chi connectivity index (χ4n) is 4.32. The average molecular weight is 356 g/mol. The normalized spacial score (nSPS) is 26.9. The molecule has 0 bridgehead atoms. The number of nitrogens with zero attached hydrogens (tertiary/aromatic N) is 2. The predicted octanol–water partition coefficient (Wildman–Crippen LogP) is 1.30. The fourth-order valence-corrected chi connectivity index (χ4v) is 4.32. The summed E-state index contributed by atoms with van der Waals surface area (Å²) < 4.78 is 3.12. The number of aromatic nitrogens is 2. The van der Waals surface area contributed by atoms with Gasteiger partial charge in [0, 0.05) is 19.5 Å². The molecule has 7 heteroatoms. The van der Waals surface area contributed by atoms with E-state index in [1.165, 1.54) is 10.1 Å². The van der Waals surface area contributed by atoms with Crippen molar-refractivity contribution in [3.8, 4) is 0 Å². The van der Waals surface area contributed by atoms with Gasteiger partial charge in [0.15, 0.2) is 0 Å². The predicted molar refractivity (Wildman–Crippen MR) is 97.8 cm³/mol. The monoisotopic (exact) mass is 356 g/mol. The summed E-state index contributed by atoms with van der Waals surface area (Å²) in [5, 5.41) is 2.34. The molecule has 1 atom stereocenters. The van der Waals surface area contributed by atoms with E-state index in [1.807, 2.05) is 6.07 Å². The number of hydrogen-bond donors (Lipinski definition) is 2. The van der Waals surface area contributed by atoms with Crippen molar-refractivity contribution in [2.24, 2.45) is 12.8 Å². The summed E-state index contributed by atoms with van der Waals surface area (Å²) in [5.41, 5.74) is 8.57. The Labute approximate surface area is 151 Å². The minimum Gasteiger partial charge on any atom is -0.328 e. The highest BCUT2D eigenvalue weighted by Crippen LogP contribution is 2.34. The van der Waals surface area contributed by atoms with E-state index in [2.05, 4.69) is 17.4 Å². The van der Waals surface area contributed by atoms with Gasteiger partial charge in [0.1, 0.15) is 6.04 Å². The zero-order chi connectivity index (χ0) is 18.4. The number of piperidine rings is 1. The van der Waals surface area contributed by atoms with Gasteiger partial charge in [0.2, 0.25) is 11.8 Å². The summed E-state index contributed by atoms with van der Waals surface area (Å²) in [6, 6.07) is 5.73. The molecule has 1 saturated carbocycles. The summed E-state index contributed by atoms with van der Waals surface area (Å²) in [6.45, 7) is 0. The van der Waals surface area contributed by atoms with Crippen molar-refractivity contribution in [3.63, 3.8) is 0 Å². The van der Waals surface area contributed by atoms with Gasteiger partial charge >= 0.3 is 5.69 Å². The number of aryl methyl sites for hydroxylation is 1. The Hall–Kier alpha value is -2.41. The maximum absolute atomic E-state index is 12.8. The van der Waals surface area contributed by atoms with Crippen LogP contribution in [0.5, 0.6) is 0 Å². The lowest BCUT2D eigenvalue weighted by Crippen LogP contribution is -2.44. The summed E-state index contributed by atoms with van der Waals surface area (Å²) in [7, 11) is 1.73. The molecule has 7 nitrogen and oxygen atoms in total. The molecule has 2 fully saturated rings. The zero-order valence-electron chi connectivity index (χ0n) is 14.9. The van der Waals surface area contributed by atoms with Crippen LogP contribution in [0.4, 0.5) is 0 Å². The number of imidazole rings is 1. The first-order valence-electron chi connectivity index (χ1n) is 9.26. The van der Waals surface area contributed by atoms with E-state index in [0.29, 0.717) is 18.4 Å². The first-order valence-corrected chi connectivity index (χ1v) is 9.26. The standard InChI is InChI=1S/C19H24N4O3/c1-22-16-10-12(11-2-5-13(20)6-3-11)4-7-14(16)23(19(22)26)15-8-9-17(24)21-18(15)25/h4,7,10-11,13,15H,2-3,5-6,8-9,20H2,1H3,(H,21,24,25). The van der Waals surface area contributed by atoms with Gasteiger partial charge in [-0.05, 0) is 55.7 Å². The molecule has 138 valence electrons. The molecule has 1 aromatic heterocycles. The lowest BCUT2D eigenvalue weighted by molar-refractivity contribution is -0.135. The lowest BCUT2D eigenvalue weighted by atomic mass is 9.82. The van der Waals surface area contributed by atoms with Crippen LogP contribution in [-0.2, 0) is 16.6 Å². The number of imide groups is 1. The van der Waals surface area contributed by atoms with Gasteiger partial charge in [-0.25, -0.2) is 4.79 Å². The quantitative estimate of drug-likeness (QED) is 0.792. The SMILES string of the molecule is Cn1c(=O)n(C2CCC(=O)NC2=O)c2ccc(C3CCC(N)CC3)cc21. The number of fused-ring (bicyclic) bond motifs is 1. The van der Waals surface area contributed by atoms with Gasteiger partial charge in [0.25, 0.3) is 0 Å². The van der Waals surface area contributed by atoms with Crippen molar-refractivity contribution in [2.45, 2.75) is 56.5 Å². The molecule has 1 aliphatic carbocycles. The third-order valence-electron chi connectivity index (χ3n) is 5.88. The van der Waals surface area contributed by atoms with Crippen LogP contribution in [0.15, 0.2) is 23.0 Å². The van der Waals surface area contributed by atoms with Gasteiger partial charge < -0.3 is 5.73 Å². The fraction of sp³-hybridized carbons (Fsp3) is 0.526. The second-order valence-electron chi connectivity index (χ2n) is 7.54. The minimum absolute atomic E-state index is 0.225. The Kier molecular flexibility index (Phi) is 4.19. The molecular weight excluding hydrogens is 332 g/mol. The molecule has 1 aliphatic heterocycles. The molecule has 2 amide bonds. The van der Waals surface area contributed by atoms with E-state index < -0.39 is 11.9 Å². The van der Waals surface area contributed by atoms with Crippen LogP contribution in [0.2, 0.25) is 0 Å². The van der Waals surface area contributed by atoms with E-state index in [9.17, 15) is 14.4 Å². The number of amides is 2. The van der Waals surface area contributed by atoms with Crippen LogP contribution >= 0.6 is 0 Å². The highest BCUT2D eigenvalue weighted by atomic mass is 16.2. The Morgan fingerprint density at radius 3 is 2.46 bits per heavy atom. The van der Waals surface area contributed by atoms with Crippen molar-refractivity contribution in [3.05, 3.63) is 34.2 Å². The van der Waals surface area contributed by atoms with E-state index in [1.54, 1.807) is 11.6 Å². The van der Waals surface area contributed by atoms with Crippen molar-refractivity contribution in [1.29, 1.82) is 0 Å². The highest BCUT2D eigenvalue weighted by Gasteiger charge is 2.31. The Morgan fingerprint density at radius 2 is 1.77 bits per heavy atom. The topological polar surface area (TPSA) is 99.1 Å². The Morgan fingerprint density at radius 1 is 1.04 bits per heavy atom. The summed E-state index contributed by atoms with van der Waals surface area (Å²) in [4.78, 5) is 36.4. The maximum atomic E-state index is 12.8. The minimum atomic E-state index is -0.637. The molecule has 3 N–H and O–H groups in total. The molecule has 1 unspecified atom stereocenters. The second kappa shape index (κ2) is 6.39. The number of hydrogen-bond acceptors (Lipinski definition) is 4. The van der Waals surface area contributed by atoms with Crippen molar-refractivity contribution in [2.75, 3.05) is 0 Å². The van der Waals surface area contributed by atoms with Crippen LogP contribution in [-0.4, -0.2) is 27.0 Å². The van der Waals surface area contributed by atoms with Gasteiger partial charge in [-0.15, -0.1) is 0 Å². The average Bonchev–Trinajstić information content (AvgIpc) is 2.87. The first kappa shape index (κ1) is 17.0. The number of carbonyl (C=O) groups is 2. The molecule has 26 heavy (non-hydrogen) atoms.